The molecule has 0 amide bonds. The number of hydrogen-bond acceptors (Lipinski definition) is 9. The monoisotopic (exact) mass is 950 g/mol. The van der Waals surface area contributed by atoms with Gasteiger partial charge in [0.15, 0.2) is 6.10 Å². The molecule has 3 unspecified atom stereocenters. The molecule has 66 heavy (non-hydrogen) atoms. The number of phosphoric ester groups is 1. The van der Waals surface area contributed by atoms with Crippen LogP contribution in [-0.4, -0.2) is 59.9 Å². The van der Waals surface area contributed by atoms with Crippen LogP contribution in [-0.2, 0) is 37.5 Å². The van der Waals surface area contributed by atoms with E-state index in [1.54, 1.807) is 0 Å². The number of carbonyl (C=O) groups is 3. The van der Waals surface area contributed by atoms with Crippen LogP contribution in [0.15, 0.2) is 60.8 Å². The van der Waals surface area contributed by atoms with Crippen LogP contribution in [0.1, 0.15) is 232 Å². The number of hydrogen-bond donors (Lipinski definition) is 3. The molecule has 382 valence electrons. The van der Waals surface area contributed by atoms with Gasteiger partial charge < -0.3 is 25.2 Å². The molecular formula is C54H96NO10P. The molecule has 0 heterocycles. The number of rotatable bonds is 49. The molecule has 12 heteroatoms. The molecule has 4 N–H and O–H groups in total. The summed E-state index contributed by atoms with van der Waals surface area (Å²) in [7, 11) is -4.73. The van der Waals surface area contributed by atoms with Crippen molar-refractivity contribution in [1.82, 2.24) is 0 Å². The summed E-state index contributed by atoms with van der Waals surface area (Å²) in [6, 6.07) is -1.52. The summed E-state index contributed by atoms with van der Waals surface area (Å²) in [6.45, 7) is 2.71. The number of aliphatic carboxylic acids is 1. The third kappa shape index (κ3) is 47.7. The lowest BCUT2D eigenvalue weighted by molar-refractivity contribution is -0.161. The van der Waals surface area contributed by atoms with Crippen molar-refractivity contribution in [3.8, 4) is 0 Å². The number of unbranched alkanes of at least 4 members (excludes halogenated alkanes) is 25. The summed E-state index contributed by atoms with van der Waals surface area (Å²) in [5, 5.41) is 8.93. The summed E-state index contributed by atoms with van der Waals surface area (Å²) >= 11 is 0. The van der Waals surface area contributed by atoms with E-state index in [2.05, 4.69) is 79.1 Å². The SMILES string of the molecule is CC/C=C\C/C=C\C/C=C\C/C=C\CCCCCCCCCCCCC(=O)OC(COC(=O)CCCCCCCCCCC/C=C\CCCCCCCC)COP(=O)(O)OCC(N)C(=O)O. The van der Waals surface area contributed by atoms with Gasteiger partial charge in [0.25, 0.3) is 0 Å². The Bertz CT molecular complexity index is 1350. The second-order valence-corrected chi connectivity index (χ2v) is 19.1. The van der Waals surface area contributed by atoms with Crippen molar-refractivity contribution in [2.75, 3.05) is 19.8 Å². The van der Waals surface area contributed by atoms with Crippen molar-refractivity contribution < 1.29 is 47.5 Å². The van der Waals surface area contributed by atoms with E-state index >= 15 is 0 Å². The fourth-order valence-corrected chi connectivity index (χ4v) is 7.95. The maximum atomic E-state index is 12.7. The smallest absolute Gasteiger partial charge is 0.472 e. The van der Waals surface area contributed by atoms with Gasteiger partial charge in [-0.15, -0.1) is 0 Å². The van der Waals surface area contributed by atoms with E-state index in [0.717, 1.165) is 70.6 Å². The van der Waals surface area contributed by atoms with Crippen molar-refractivity contribution >= 4 is 25.7 Å². The predicted octanol–water partition coefficient (Wildman–Crippen LogP) is 15.1. The molecule has 0 radical (unpaired) electrons. The van der Waals surface area contributed by atoms with Gasteiger partial charge in [0, 0.05) is 12.8 Å². The van der Waals surface area contributed by atoms with Gasteiger partial charge in [-0.3, -0.25) is 23.4 Å². The second kappa shape index (κ2) is 48.6. The van der Waals surface area contributed by atoms with E-state index in [1.165, 1.54) is 122 Å². The van der Waals surface area contributed by atoms with Gasteiger partial charge in [-0.25, -0.2) is 4.57 Å². The summed E-state index contributed by atoms with van der Waals surface area (Å²) in [5.74, 6) is -2.38. The molecule has 0 fully saturated rings. The molecule has 11 nitrogen and oxygen atoms in total. The number of carbonyl (C=O) groups excluding carboxylic acids is 2. The highest BCUT2D eigenvalue weighted by atomic mass is 31.2. The van der Waals surface area contributed by atoms with E-state index in [4.69, 9.17) is 24.8 Å². The highest BCUT2D eigenvalue weighted by Gasteiger charge is 2.28. The minimum absolute atomic E-state index is 0.154. The summed E-state index contributed by atoms with van der Waals surface area (Å²) < 4.78 is 32.9. The first kappa shape index (κ1) is 63.2. The zero-order valence-electron chi connectivity index (χ0n) is 41.8. The lowest BCUT2D eigenvalue weighted by Crippen LogP contribution is -2.34. The Morgan fingerprint density at radius 1 is 0.485 bits per heavy atom. The molecule has 0 aliphatic rings. The Kier molecular flexibility index (Phi) is 46.6. The van der Waals surface area contributed by atoms with Crippen LogP contribution in [0.5, 0.6) is 0 Å². The number of ether oxygens (including phenoxy) is 2. The van der Waals surface area contributed by atoms with Crippen LogP contribution in [0.3, 0.4) is 0 Å². The Labute approximate surface area is 402 Å². The number of phosphoric acid groups is 1. The number of esters is 2. The lowest BCUT2D eigenvalue weighted by atomic mass is 10.0. The number of carboxylic acid groups (broad SMARTS) is 1. The number of allylic oxidation sites excluding steroid dienone is 10. The van der Waals surface area contributed by atoms with Crippen LogP contribution in [0.25, 0.3) is 0 Å². The van der Waals surface area contributed by atoms with E-state index in [-0.39, 0.29) is 19.4 Å². The van der Waals surface area contributed by atoms with E-state index in [1.807, 2.05) is 0 Å². The standard InChI is InChI=1S/C54H96NO10P/c1-3-5-7-9-11-13-15-17-19-21-23-24-25-26-28-30-32-34-36-38-40-42-44-46-53(57)65-50(48-63-66(60,61)64-49-51(55)54(58)59)47-62-52(56)45-43-41-39-37-35-33-31-29-27-22-20-18-16-14-12-10-8-6-4-2/h5,7,11,13,17-20,23-24,50-51H,3-4,6,8-10,12,14-16,21-22,25-49,55H2,1-2H3,(H,58,59)(H,60,61)/b7-5-,13-11-,19-17-,20-18-,24-23-. The summed E-state index contributed by atoms with van der Waals surface area (Å²) in [6.07, 6.45) is 58.5. The first-order valence-corrected chi connectivity index (χ1v) is 27.8. The Morgan fingerprint density at radius 3 is 1.29 bits per heavy atom. The molecule has 0 saturated heterocycles. The summed E-state index contributed by atoms with van der Waals surface area (Å²) in [5.41, 5.74) is 5.36. The molecule has 0 aromatic rings. The maximum Gasteiger partial charge on any atom is 0.472 e. The molecule has 3 atom stereocenters. The highest BCUT2D eigenvalue weighted by molar-refractivity contribution is 7.47. The molecule has 0 saturated carbocycles. The minimum atomic E-state index is -4.73. The van der Waals surface area contributed by atoms with Gasteiger partial charge in [-0.2, -0.15) is 0 Å². The van der Waals surface area contributed by atoms with Crippen molar-refractivity contribution in [3.63, 3.8) is 0 Å². The average molecular weight is 950 g/mol. The molecule has 0 spiro atoms. The molecular weight excluding hydrogens is 854 g/mol. The summed E-state index contributed by atoms with van der Waals surface area (Å²) in [4.78, 5) is 46.2. The predicted molar refractivity (Wildman–Crippen MR) is 272 cm³/mol. The maximum absolute atomic E-state index is 12.7. The molecule has 0 bridgehead atoms. The highest BCUT2D eigenvalue weighted by Crippen LogP contribution is 2.43. The van der Waals surface area contributed by atoms with Gasteiger partial charge >= 0.3 is 25.7 Å². The second-order valence-electron chi connectivity index (χ2n) is 17.6. The Hall–Kier alpha value is -2.82. The normalized spacial score (nSPS) is 14.0. The first-order chi connectivity index (χ1) is 32.1. The quantitative estimate of drug-likeness (QED) is 0.0229. The third-order valence-electron chi connectivity index (χ3n) is 11.2. The van der Waals surface area contributed by atoms with Gasteiger partial charge in [0.2, 0.25) is 0 Å². The van der Waals surface area contributed by atoms with Gasteiger partial charge in [0.05, 0.1) is 13.2 Å². The van der Waals surface area contributed by atoms with Crippen LogP contribution < -0.4 is 5.73 Å². The zero-order valence-corrected chi connectivity index (χ0v) is 42.7. The minimum Gasteiger partial charge on any atom is -0.480 e. The van der Waals surface area contributed by atoms with E-state index < -0.39 is 51.1 Å². The van der Waals surface area contributed by atoms with Crippen LogP contribution in [0, 0.1) is 0 Å². The molecule has 0 aliphatic carbocycles. The Morgan fingerprint density at radius 2 is 0.848 bits per heavy atom. The topological polar surface area (TPSA) is 172 Å². The number of nitrogens with two attached hydrogens (primary N) is 1. The number of carboxylic acids is 1. The van der Waals surface area contributed by atoms with E-state index in [0.29, 0.717) is 12.8 Å². The van der Waals surface area contributed by atoms with Crippen molar-refractivity contribution in [1.29, 1.82) is 0 Å². The Balaban J connectivity index is 4.24. The fraction of sp³-hybridized carbons (Fsp3) is 0.759. The fourth-order valence-electron chi connectivity index (χ4n) is 7.17. The average Bonchev–Trinajstić information content (AvgIpc) is 3.30. The van der Waals surface area contributed by atoms with Crippen molar-refractivity contribution in [3.05, 3.63) is 60.8 Å². The van der Waals surface area contributed by atoms with Crippen LogP contribution in [0.4, 0.5) is 0 Å². The third-order valence-corrected chi connectivity index (χ3v) is 12.2. The van der Waals surface area contributed by atoms with E-state index in [9.17, 15) is 23.8 Å². The lowest BCUT2D eigenvalue weighted by Gasteiger charge is -2.20. The molecule has 0 aliphatic heterocycles. The van der Waals surface area contributed by atoms with Crippen LogP contribution in [0.2, 0.25) is 0 Å². The zero-order chi connectivity index (χ0) is 48.4. The van der Waals surface area contributed by atoms with Crippen molar-refractivity contribution in [2.45, 2.75) is 244 Å². The van der Waals surface area contributed by atoms with Gasteiger partial charge in [-0.05, 0) is 77.0 Å². The molecule has 0 rings (SSSR count). The van der Waals surface area contributed by atoms with Crippen molar-refractivity contribution in [2.24, 2.45) is 5.73 Å². The first-order valence-electron chi connectivity index (χ1n) is 26.3. The molecule has 0 aromatic heterocycles. The van der Waals surface area contributed by atoms with Gasteiger partial charge in [0.1, 0.15) is 12.6 Å². The largest absolute Gasteiger partial charge is 0.480 e. The van der Waals surface area contributed by atoms with Crippen LogP contribution >= 0.6 is 7.82 Å². The van der Waals surface area contributed by atoms with Gasteiger partial charge in [-0.1, -0.05) is 203 Å². The molecule has 0 aromatic carbocycles.